The number of esters is 1. The molecule has 17 heavy (non-hydrogen) atoms. The van der Waals surface area contributed by atoms with Crippen molar-refractivity contribution in [2.75, 3.05) is 7.11 Å². The highest BCUT2D eigenvalue weighted by Gasteiger charge is 2.07. The van der Waals surface area contributed by atoms with E-state index in [9.17, 15) is 14.9 Å². The molecule has 0 atom stereocenters. The molecular weight excluding hydrogens is 226 g/mol. The van der Waals surface area contributed by atoms with Crippen LogP contribution in [0.15, 0.2) is 24.4 Å². The second-order valence-electron chi connectivity index (χ2n) is 3.11. The van der Waals surface area contributed by atoms with Crippen molar-refractivity contribution in [3.05, 3.63) is 40.1 Å². The predicted octanol–water partition coefficient (Wildman–Crippen LogP) is 1.87. The van der Waals surface area contributed by atoms with Crippen molar-refractivity contribution in [3.8, 4) is 11.5 Å². The highest BCUT2D eigenvalue weighted by Crippen LogP contribution is 2.28. The van der Waals surface area contributed by atoms with Crippen molar-refractivity contribution in [2.24, 2.45) is 0 Å². The van der Waals surface area contributed by atoms with Crippen LogP contribution in [0.4, 0.5) is 0 Å². The van der Waals surface area contributed by atoms with Gasteiger partial charge in [-0.05, 0) is 17.7 Å². The molecular formula is C11H11NO5. The summed E-state index contributed by atoms with van der Waals surface area (Å²) < 4.78 is 9.91. The Hall–Kier alpha value is -2.37. The topological polar surface area (TPSA) is 78.7 Å². The molecule has 6 heteroatoms. The van der Waals surface area contributed by atoms with Crippen molar-refractivity contribution in [2.45, 2.75) is 6.92 Å². The average Bonchev–Trinajstić information content (AvgIpc) is 2.26. The summed E-state index contributed by atoms with van der Waals surface area (Å²) >= 11 is 0. The third kappa shape index (κ3) is 3.94. The lowest BCUT2D eigenvalue weighted by Gasteiger charge is -2.07. The molecule has 0 aliphatic rings. The van der Waals surface area contributed by atoms with Crippen LogP contribution in [-0.2, 0) is 4.79 Å². The Bertz CT molecular complexity index is 467. The van der Waals surface area contributed by atoms with Crippen LogP contribution in [0.25, 0.3) is 6.08 Å². The SMILES string of the molecule is COc1cc(/C=C\[N+](=O)[O-])ccc1OC(C)=O. The molecule has 6 nitrogen and oxygen atoms in total. The molecule has 0 aliphatic heterocycles. The number of carbonyl (C=O) groups excluding carboxylic acids is 1. The molecule has 1 aromatic rings. The number of hydrogen-bond donors (Lipinski definition) is 0. The van der Waals surface area contributed by atoms with E-state index in [2.05, 4.69) is 0 Å². The van der Waals surface area contributed by atoms with Crippen molar-refractivity contribution in [1.29, 1.82) is 0 Å². The molecule has 0 amide bonds. The Morgan fingerprint density at radius 2 is 2.12 bits per heavy atom. The van der Waals surface area contributed by atoms with Gasteiger partial charge in [0.1, 0.15) is 0 Å². The number of benzene rings is 1. The van der Waals surface area contributed by atoms with Crippen molar-refractivity contribution in [1.82, 2.24) is 0 Å². The minimum atomic E-state index is -0.563. The van der Waals surface area contributed by atoms with Gasteiger partial charge in [0.2, 0.25) is 6.20 Å². The number of nitrogens with zero attached hydrogens (tertiary/aromatic N) is 1. The predicted molar refractivity (Wildman–Crippen MR) is 60.3 cm³/mol. The number of methoxy groups -OCH3 is 1. The van der Waals surface area contributed by atoms with Gasteiger partial charge in [-0.25, -0.2) is 0 Å². The zero-order chi connectivity index (χ0) is 12.8. The van der Waals surface area contributed by atoms with Crippen LogP contribution in [0.1, 0.15) is 12.5 Å². The highest BCUT2D eigenvalue weighted by atomic mass is 16.6. The second-order valence-corrected chi connectivity index (χ2v) is 3.11. The Morgan fingerprint density at radius 1 is 1.41 bits per heavy atom. The number of nitro groups is 1. The number of rotatable bonds is 4. The molecule has 0 radical (unpaired) electrons. The first-order chi connectivity index (χ1) is 8.02. The van der Waals surface area contributed by atoms with E-state index in [1.54, 1.807) is 6.07 Å². The van der Waals surface area contributed by atoms with Crippen LogP contribution >= 0.6 is 0 Å². The molecule has 0 saturated carbocycles. The lowest BCUT2D eigenvalue weighted by Crippen LogP contribution is -2.03. The van der Waals surface area contributed by atoms with Gasteiger partial charge < -0.3 is 9.47 Å². The molecule has 0 bridgehead atoms. The third-order valence-electron chi connectivity index (χ3n) is 1.83. The molecule has 0 unspecified atom stereocenters. The molecule has 0 aliphatic carbocycles. The zero-order valence-electron chi connectivity index (χ0n) is 9.38. The van der Waals surface area contributed by atoms with Crippen molar-refractivity contribution >= 4 is 12.0 Å². The van der Waals surface area contributed by atoms with Gasteiger partial charge >= 0.3 is 5.97 Å². The molecule has 1 aromatic carbocycles. The van der Waals surface area contributed by atoms with Crippen molar-refractivity contribution < 1.29 is 19.2 Å². The van der Waals surface area contributed by atoms with Crippen LogP contribution in [0.5, 0.6) is 11.5 Å². The molecule has 0 spiro atoms. The molecule has 1 rings (SSSR count). The van der Waals surface area contributed by atoms with Gasteiger partial charge in [0, 0.05) is 13.0 Å². The first kappa shape index (κ1) is 12.7. The number of carbonyl (C=O) groups is 1. The largest absolute Gasteiger partial charge is 0.493 e. The first-order valence-electron chi connectivity index (χ1n) is 4.71. The third-order valence-corrected chi connectivity index (χ3v) is 1.83. The van der Waals surface area contributed by atoms with Gasteiger partial charge in [0.15, 0.2) is 11.5 Å². The van der Waals surface area contributed by atoms with E-state index in [1.165, 1.54) is 32.2 Å². The van der Waals surface area contributed by atoms with Gasteiger partial charge in [0.05, 0.1) is 12.0 Å². The number of ether oxygens (including phenoxy) is 2. The molecule has 0 aromatic heterocycles. The van der Waals surface area contributed by atoms with E-state index < -0.39 is 10.9 Å². The summed E-state index contributed by atoms with van der Waals surface area (Å²) in [6.07, 6.45) is 2.14. The van der Waals surface area contributed by atoms with Crippen LogP contribution in [-0.4, -0.2) is 18.0 Å². The number of hydrogen-bond acceptors (Lipinski definition) is 5. The van der Waals surface area contributed by atoms with E-state index in [0.717, 1.165) is 6.20 Å². The normalized spacial score (nSPS) is 10.2. The molecule has 0 N–H and O–H groups in total. The lowest BCUT2D eigenvalue weighted by atomic mass is 10.2. The summed E-state index contributed by atoms with van der Waals surface area (Å²) in [5, 5.41) is 10.2. The maximum absolute atomic E-state index is 10.8. The van der Waals surface area contributed by atoms with Gasteiger partial charge in [-0.15, -0.1) is 0 Å². The lowest BCUT2D eigenvalue weighted by molar-refractivity contribution is -0.400. The summed E-state index contributed by atoms with van der Waals surface area (Å²) in [6.45, 7) is 1.28. The van der Waals surface area contributed by atoms with Crippen molar-refractivity contribution in [3.63, 3.8) is 0 Å². The van der Waals surface area contributed by atoms with Gasteiger partial charge in [-0.2, -0.15) is 0 Å². The van der Waals surface area contributed by atoms with Crippen LogP contribution < -0.4 is 9.47 Å². The smallest absolute Gasteiger partial charge is 0.308 e. The Balaban J connectivity index is 2.99. The minimum absolute atomic E-state index is 0.276. The van der Waals surface area contributed by atoms with E-state index in [0.29, 0.717) is 11.3 Å². The maximum atomic E-state index is 10.8. The van der Waals surface area contributed by atoms with E-state index >= 15 is 0 Å². The summed E-state index contributed by atoms with van der Waals surface area (Å²) in [7, 11) is 1.42. The summed E-state index contributed by atoms with van der Waals surface area (Å²) in [6, 6.07) is 4.64. The van der Waals surface area contributed by atoms with E-state index in [1.807, 2.05) is 0 Å². The highest BCUT2D eigenvalue weighted by molar-refractivity contribution is 5.71. The molecule has 90 valence electrons. The fraction of sp³-hybridized carbons (Fsp3) is 0.182. The molecule has 0 heterocycles. The Labute approximate surface area is 97.6 Å². The van der Waals surface area contributed by atoms with Gasteiger partial charge in [-0.3, -0.25) is 14.9 Å². The minimum Gasteiger partial charge on any atom is -0.493 e. The summed E-state index contributed by atoms with van der Waals surface area (Å²) in [4.78, 5) is 20.4. The molecule has 0 saturated heterocycles. The Kier molecular flexibility index (Phi) is 4.21. The van der Waals surface area contributed by atoms with E-state index in [-0.39, 0.29) is 5.75 Å². The quantitative estimate of drug-likeness (QED) is 0.345. The summed E-state index contributed by atoms with van der Waals surface area (Å²) in [5.74, 6) is 0.154. The van der Waals surface area contributed by atoms with Crippen LogP contribution in [0.3, 0.4) is 0 Å². The average molecular weight is 237 g/mol. The zero-order valence-corrected chi connectivity index (χ0v) is 9.38. The van der Waals surface area contributed by atoms with Crippen LogP contribution in [0.2, 0.25) is 0 Å². The fourth-order valence-electron chi connectivity index (χ4n) is 1.17. The summed E-state index contributed by atoms with van der Waals surface area (Å²) in [5.41, 5.74) is 0.578. The molecule has 0 fully saturated rings. The first-order valence-corrected chi connectivity index (χ1v) is 4.71. The van der Waals surface area contributed by atoms with Gasteiger partial charge in [0.25, 0.3) is 0 Å². The van der Waals surface area contributed by atoms with E-state index in [4.69, 9.17) is 9.47 Å². The van der Waals surface area contributed by atoms with Gasteiger partial charge in [-0.1, -0.05) is 6.07 Å². The Morgan fingerprint density at radius 3 is 2.65 bits per heavy atom. The maximum Gasteiger partial charge on any atom is 0.308 e. The standard InChI is InChI=1S/C11H11NO5/c1-8(13)17-10-4-3-9(5-6-12(14)15)7-11(10)16-2/h3-7H,1-2H3/b6-5-. The second kappa shape index (κ2) is 5.64. The van der Waals surface area contributed by atoms with Crippen LogP contribution in [0, 0.1) is 10.1 Å². The fourth-order valence-corrected chi connectivity index (χ4v) is 1.17. The monoisotopic (exact) mass is 237 g/mol.